The maximum Gasteiger partial charge on any atom is 0.357 e. The van der Waals surface area contributed by atoms with Crippen LogP contribution in [0.5, 0.6) is 5.75 Å². The largest absolute Gasteiger partial charge is 0.506 e. The second-order valence-corrected chi connectivity index (χ2v) is 9.38. The highest BCUT2D eigenvalue weighted by Gasteiger charge is 2.38. The van der Waals surface area contributed by atoms with Gasteiger partial charge in [-0.05, 0) is 63.4 Å². The molecule has 2 N–H and O–H groups in total. The molecule has 2 aromatic carbocycles. The van der Waals surface area contributed by atoms with Crippen LogP contribution in [-0.4, -0.2) is 23.2 Å². The summed E-state index contributed by atoms with van der Waals surface area (Å²) in [6, 6.07) is 8.97. The van der Waals surface area contributed by atoms with Crippen molar-refractivity contribution in [3.8, 4) is 5.75 Å². The lowest BCUT2D eigenvalue weighted by Gasteiger charge is -2.28. The van der Waals surface area contributed by atoms with Gasteiger partial charge in [-0.1, -0.05) is 12.1 Å². The number of hydrogen-bond donors (Lipinski definition) is 2. The van der Waals surface area contributed by atoms with Gasteiger partial charge in [0.2, 0.25) is 0 Å². The number of benzene rings is 2. The highest BCUT2D eigenvalue weighted by Crippen LogP contribution is 2.61. The van der Waals surface area contributed by atoms with Gasteiger partial charge in [-0.2, -0.15) is 0 Å². The average Bonchev–Trinajstić information content (AvgIpc) is 2.64. The van der Waals surface area contributed by atoms with E-state index in [0.717, 1.165) is 0 Å². The fourth-order valence-corrected chi connectivity index (χ4v) is 5.62. The summed E-state index contributed by atoms with van der Waals surface area (Å²) in [4.78, 5) is 10.6. The minimum atomic E-state index is -3.74. The first-order chi connectivity index (χ1) is 13.2. The molecule has 152 valence electrons. The number of non-ortho nitro benzene ring substituents is 1. The number of nitro groups is 1. The van der Waals surface area contributed by atoms with Crippen molar-refractivity contribution >= 4 is 50.8 Å². The Morgan fingerprint density at radius 1 is 1.18 bits per heavy atom. The minimum absolute atomic E-state index is 0.00949. The summed E-state index contributed by atoms with van der Waals surface area (Å²) in [5, 5.41) is 24.2. The van der Waals surface area contributed by atoms with Gasteiger partial charge in [-0.25, -0.2) is 0 Å². The van der Waals surface area contributed by atoms with Crippen molar-refractivity contribution in [3.05, 3.63) is 61.0 Å². The van der Waals surface area contributed by atoms with Crippen LogP contribution in [0.25, 0.3) is 0 Å². The van der Waals surface area contributed by atoms with Crippen LogP contribution in [0.1, 0.15) is 25.2 Å². The summed E-state index contributed by atoms with van der Waals surface area (Å²) in [5.41, 5.74) is 0.726. The molecule has 28 heavy (non-hydrogen) atoms. The summed E-state index contributed by atoms with van der Waals surface area (Å²) >= 11 is 6.49. The molecule has 0 saturated carbocycles. The molecule has 0 bridgehead atoms. The Bertz CT molecular complexity index is 878. The molecule has 2 aromatic rings. The predicted molar refractivity (Wildman–Crippen MR) is 114 cm³/mol. The van der Waals surface area contributed by atoms with Crippen molar-refractivity contribution in [2.75, 3.05) is 18.5 Å². The normalized spacial score (nSPS) is 12.6. The summed E-state index contributed by atoms with van der Waals surface area (Å²) < 4.78 is 25.2. The first kappa shape index (κ1) is 22.8. The lowest BCUT2D eigenvalue weighted by atomic mass is 10.2. The Kier molecular flexibility index (Phi) is 8.03. The second-order valence-electron chi connectivity index (χ2n) is 5.56. The van der Waals surface area contributed by atoms with Crippen LogP contribution in [0, 0.1) is 10.1 Å². The number of anilines is 1. The van der Waals surface area contributed by atoms with E-state index >= 15 is 0 Å². The molecule has 1 atom stereocenters. The third-order valence-electron chi connectivity index (χ3n) is 3.65. The summed E-state index contributed by atoms with van der Waals surface area (Å²) in [7, 11) is -3.74. The van der Waals surface area contributed by atoms with E-state index in [0.29, 0.717) is 20.2 Å². The van der Waals surface area contributed by atoms with E-state index in [4.69, 9.17) is 9.05 Å². The van der Waals surface area contributed by atoms with Gasteiger partial charge in [-0.3, -0.25) is 14.7 Å². The minimum Gasteiger partial charge on any atom is -0.506 e. The zero-order valence-electron chi connectivity index (χ0n) is 15.1. The zero-order chi connectivity index (χ0) is 20.9. The van der Waals surface area contributed by atoms with E-state index in [1.54, 1.807) is 32.0 Å². The lowest BCUT2D eigenvalue weighted by molar-refractivity contribution is -0.384. The molecule has 8 nitrogen and oxygen atoms in total. The molecule has 0 radical (unpaired) electrons. The summed E-state index contributed by atoms with van der Waals surface area (Å²) in [5.74, 6) is -0.995. The number of hydrogen-bond acceptors (Lipinski definition) is 7. The first-order valence-corrected chi connectivity index (χ1v) is 11.5. The van der Waals surface area contributed by atoms with Crippen molar-refractivity contribution in [3.63, 3.8) is 0 Å². The van der Waals surface area contributed by atoms with E-state index in [1.807, 2.05) is 0 Å². The number of aromatic hydroxyl groups is 1. The smallest absolute Gasteiger partial charge is 0.357 e. The Balaban J connectivity index is 2.57. The van der Waals surface area contributed by atoms with Gasteiger partial charge in [0.05, 0.1) is 27.1 Å². The quantitative estimate of drug-likeness (QED) is 0.169. The molecule has 0 aliphatic heterocycles. The highest BCUT2D eigenvalue weighted by molar-refractivity contribution is 9.11. The topological polar surface area (TPSA) is 111 Å². The SMILES string of the molecule is CCOP(=O)(OCC)C(Nc1cc(Br)c(O)c(Br)c1)c1cccc([N+](=O)[O-])c1. The Hall–Kier alpha value is -1.45. The van der Waals surface area contributed by atoms with Gasteiger partial charge < -0.3 is 19.5 Å². The van der Waals surface area contributed by atoms with E-state index < -0.39 is 18.3 Å². The van der Waals surface area contributed by atoms with Crippen molar-refractivity contribution < 1.29 is 23.6 Å². The van der Waals surface area contributed by atoms with Gasteiger partial charge in [0.1, 0.15) is 5.75 Å². The molecule has 11 heteroatoms. The second kappa shape index (κ2) is 9.84. The molecule has 0 aliphatic carbocycles. The molecular formula is C17H19Br2N2O6P. The van der Waals surface area contributed by atoms with E-state index in [-0.39, 0.29) is 24.7 Å². The van der Waals surface area contributed by atoms with Crippen molar-refractivity contribution in [1.82, 2.24) is 0 Å². The Morgan fingerprint density at radius 3 is 2.25 bits per heavy atom. The molecule has 0 spiro atoms. The van der Waals surface area contributed by atoms with Gasteiger partial charge in [0, 0.05) is 17.8 Å². The Labute approximate surface area is 179 Å². The van der Waals surface area contributed by atoms with Crippen molar-refractivity contribution in [2.24, 2.45) is 0 Å². The standard InChI is InChI=1S/C17H19Br2N2O6P/c1-3-26-28(25,27-4-2)17(11-6-5-7-13(8-11)21(23)24)20-12-9-14(18)16(22)15(19)10-12/h5-10,17,20,22H,3-4H2,1-2H3. The van der Waals surface area contributed by atoms with E-state index in [1.165, 1.54) is 18.2 Å². The third-order valence-corrected chi connectivity index (χ3v) is 7.16. The van der Waals surface area contributed by atoms with Crippen LogP contribution in [0.2, 0.25) is 0 Å². The first-order valence-electron chi connectivity index (χ1n) is 8.29. The fourth-order valence-electron chi connectivity index (χ4n) is 2.51. The number of phenols is 1. The van der Waals surface area contributed by atoms with E-state index in [2.05, 4.69) is 37.2 Å². The molecule has 0 amide bonds. The number of rotatable bonds is 9. The molecule has 0 aromatic heterocycles. The molecule has 0 heterocycles. The van der Waals surface area contributed by atoms with Crippen LogP contribution in [0.15, 0.2) is 45.3 Å². The maximum atomic E-state index is 13.5. The van der Waals surface area contributed by atoms with Gasteiger partial charge >= 0.3 is 7.60 Å². The predicted octanol–water partition coefficient (Wildman–Crippen LogP) is 6.20. The van der Waals surface area contributed by atoms with Crippen molar-refractivity contribution in [1.29, 1.82) is 0 Å². The van der Waals surface area contributed by atoms with Crippen LogP contribution < -0.4 is 5.32 Å². The van der Waals surface area contributed by atoms with Gasteiger partial charge in [0.25, 0.3) is 5.69 Å². The van der Waals surface area contributed by atoms with Gasteiger partial charge in [-0.15, -0.1) is 0 Å². The number of halogens is 2. The molecular weight excluding hydrogens is 519 g/mol. The number of nitro benzene ring substituents is 1. The molecule has 0 fully saturated rings. The van der Waals surface area contributed by atoms with Gasteiger partial charge in [0.15, 0.2) is 5.78 Å². The number of phenolic OH excluding ortho intramolecular Hbond substituents is 1. The number of nitrogens with one attached hydrogen (secondary N) is 1. The average molecular weight is 538 g/mol. The zero-order valence-corrected chi connectivity index (χ0v) is 19.2. The van der Waals surface area contributed by atoms with Crippen LogP contribution >= 0.6 is 39.5 Å². The molecule has 0 saturated heterocycles. The maximum absolute atomic E-state index is 13.5. The van der Waals surface area contributed by atoms with Crippen LogP contribution in [-0.2, 0) is 13.6 Å². The monoisotopic (exact) mass is 536 g/mol. The fraction of sp³-hybridized carbons (Fsp3) is 0.294. The van der Waals surface area contributed by atoms with Crippen molar-refractivity contribution in [2.45, 2.75) is 19.6 Å². The van der Waals surface area contributed by atoms with E-state index in [9.17, 15) is 19.8 Å². The number of nitrogens with zero attached hydrogens (tertiary/aromatic N) is 1. The van der Waals surface area contributed by atoms with Crippen LogP contribution in [0.4, 0.5) is 11.4 Å². The molecule has 2 rings (SSSR count). The summed E-state index contributed by atoms with van der Waals surface area (Å²) in [6.45, 7) is 3.63. The van der Waals surface area contributed by atoms with Crippen LogP contribution in [0.3, 0.4) is 0 Å². The third kappa shape index (κ3) is 5.33. The summed E-state index contributed by atoms with van der Waals surface area (Å²) in [6.07, 6.45) is 0. The molecule has 1 unspecified atom stereocenters. The highest BCUT2D eigenvalue weighted by atomic mass is 79.9. The lowest BCUT2D eigenvalue weighted by Crippen LogP contribution is -2.15. The Morgan fingerprint density at radius 2 is 1.75 bits per heavy atom. The molecule has 0 aliphatic rings.